The summed E-state index contributed by atoms with van der Waals surface area (Å²) in [5.74, 6) is 0.258. The molecule has 0 aromatic heterocycles. The van der Waals surface area contributed by atoms with Gasteiger partial charge in [-0.2, -0.15) is 0 Å². The van der Waals surface area contributed by atoms with Crippen LogP contribution < -0.4 is 4.72 Å². The van der Waals surface area contributed by atoms with Crippen molar-refractivity contribution in [2.24, 2.45) is 5.92 Å². The van der Waals surface area contributed by atoms with Crippen molar-refractivity contribution in [3.63, 3.8) is 0 Å². The first kappa shape index (κ1) is 12.4. The molecule has 0 saturated heterocycles. The normalized spacial score (nSPS) is 23.6. The minimum absolute atomic E-state index is 0.0397. The van der Waals surface area contributed by atoms with Crippen molar-refractivity contribution < 1.29 is 13.5 Å². The summed E-state index contributed by atoms with van der Waals surface area (Å²) in [5.41, 5.74) is 0. The van der Waals surface area contributed by atoms with E-state index in [-0.39, 0.29) is 16.7 Å². The third-order valence-corrected chi connectivity index (χ3v) is 4.58. The van der Waals surface area contributed by atoms with Gasteiger partial charge in [0.05, 0.1) is 0 Å². The molecule has 2 N–H and O–H groups in total. The van der Waals surface area contributed by atoms with E-state index in [1.54, 1.807) is 12.1 Å². The van der Waals surface area contributed by atoms with Crippen LogP contribution in [0, 0.1) is 5.92 Å². The molecular formula is C12H17NO3S. The van der Waals surface area contributed by atoms with E-state index in [1.165, 1.54) is 12.1 Å². The van der Waals surface area contributed by atoms with Gasteiger partial charge in [0.1, 0.15) is 10.6 Å². The minimum Gasteiger partial charge on any atom is -0.507 e. The fourth-order valence-corrected chi connectivity index (χ4v) is 3.44. The lowest BCUT2D eigenvalue weighted by molar-refractivity contribution is 0.457. The maximum atomic E-state index is 12.0. The molecule has 1 aromatic rings. The zero-order valence-corrected chi connectivity index (χ0v) is 10.6. The SMILES string of the molecule is CCCC1CC1NS(=O)(=O)c1ccccc1O. The van der Waals surface area contributed by atoms with Gasteiger partial charge in [-0.05, 0) is 30.9 Å². The second-order valence-corrected chi connectivity index (χ2v) is 6.16. The Bertz CT molecular complexity index is 498. The first-order chi connectivity index (χ1) is 8.04. The molecule has 0 amide bonds. The van der Waals surface area contributed by atoms with Gasteiger partial charge >= 0.3 is 0 Å². The Balaban J connectivity index is 2.08. The van der Waals surface area contributed by atoms with E-state index in [0.717, 1.165) is 19.3 Å². The molecule has 94 valence electrons. The molecule has 0 radical (unpaired) electrons. The smallest absolute Gasteiger partial charge is 0.244 e. The molecule has 1 aromatic carbocycles. The monoisotopic (exact) mass is 255 g/mol. The molecule has 1 fully saturated rings. The Morgan fingerprint density at radius 2 is 2.12 bits per heavy atom. The highest BCUT2D eigenvalue weighted by Crippen LogP contribution is 2.36. The fourth-order valence-electron chi connectivity index (χ4n) is 2.03. The predicted octanol–water partition coefficient (Wildman–Crippen LogP) is 1.86. The third-order valence-electron chi connectivity index (χ3n) is 3.04. The lowest BCUT2D eigenvalue weighted by Crippen LogP contribution is -2.27. The topological polar surface area (TPSA) is 66.4 Å². The number of phenolic OH excluding ortho intramolecular Hbond substituents is 1. The minimum atomic E-state index is -3.58. The molecule has 0 heterocycles. The standard InChI is InChI=1S/C12H17NO3S/c1-2-5-9-8-10(9)13-17(15,16)12-7-4-3-6-11(12)14/h3-4,6-7,9-10,13-14H,2,5,8H2,1H3. The summed E-state index contributed by atoms with van der Waals surface area (Å²) in [6.07, 6.45) is 3.02. The molecule has 0 aliphatic heterocycles. The second kappa shape index (κ2) is 4.66. The number of phenols is 1. The lowest BCUT2D eigenvalue weighted by atomic mass is 10.2. The van der Waals surface area contributed by atoms with Gasteiger partial charge in [0.25, 0.3) is 0 Å². The molecule has 2 atom stereocenters. The molecular weight excluding hydrogens is 238 g/mol. The molecule has 2 rings (SSSR count). The van der Waals surface area contributed by atoms with E-state index >= 15 is 0 Å². The van der Waals surface area contributed by atoms with Crippen molar-refractivity contribution in [2.75, 3.05) is 0 Å². The Labute approximate surface area is 102 Å². The van der Waals surface area contributed by atoms with Gasteiger partial charge in [-0.1, -0.05) is 25.5 Å². The van der Waals surface area contributed by atoms with Gasteiger partial charge in [0.15, 0.2) is 0 Å². The Hall–Kier alpha value is -1.07. The van der Waals surface area contributed by atoms with Crippen LogP contribution in [0.4, 0.5) is 0 Å². The number of para-hydroxylation sites is 1. The molecule has 2 unspecified atom stereocenters. The molecule has 0 spiro atoms. The fraction of sp³-hybridized carbons (Fsp3) is 0.500. The maximum Gasteiger partial charge on any atom is 0.244 e. The molecule has 0 bridgehead atoms. The summed E-state index contributed by atoms with van der Waals surface area (Å²) in [5, 5.41) is 9.53. The van der Waals surface area contributed by atoms with Gasteiger partial charge in [-0.25, -0.2) is 13.1 Å². The zero-order chi connectivity index (χ0) is 12.5. The van der Waals surface area contributed by atoms with E-state index < -0.39 is 10.0 Å². The van der Waals surface area contributed by atoms with Gasteiger partial charge < -0.3 is 5.11 Å². The largest absolute Gasteiger partial charge is 0.507 e. The van der Waals surface area contributed by atoms with Crippen molar-refractivity contribution in [1.29, 1.82) is 0 Å². The average Bonchev–Trinajstić information content (AvgIpc) is 2.96. The van der Waals surface area contributed by atoms with Gasteiger partial charge in [0.2, 0.25) is 10.0 Å². The Kier molecular flexibility index (Phi) is 3.40. The van der Waals surface area contributed by atoms with Crippen LogP contribution in [0.2, 0.25) is 0 Å². The van der Waals surface area contributed by atoms with Gasteiger partial charge in [-0.3, -0.25) is 0 Å². The number of hydrogen-bond acceptors (Lipinski definition) is 3. The van der Waals surface area contributed by atoms with Crippen LogP contribution in [0.3, 0.4) is 0 Å². The van der Waals surface area contributed by atoms with Crippen LogP contribution in [0.25, 0.3) is 0 Å². The highest BCUT2D eigenvalue weighted by Gasteiger charge is 2.39. The van der Waals surface area contributed by atoms with Crippen molar-refractivity contribution in [3.05, 3.63) is 24.3 Å². The summed E-state index contributed by atoms with van der Waals surface area (Å²) in [6.45, 7) is 2.09. The van der Waals surface area contributed by atoms with Gasteiger partial charge in [-0.15, -0.1) is 0 Å². The summed E-state index contributed by atoms with van der Waals surface area (Å²) in [6, 6.07) is 6.04. The second-order valence-electron chi connectivity index (χ2n) is 4.48. The first-order valence-electron chi connectivity index (χ1n) is 5.85. The summed E-state index contributed by atoms with van der Waals surface area (Å²) >= 11 is 0. The maximum absolute atomic E-state index is 12.0. The molecule has 1 aliphatic rings. The molecule has 17 heavy (non-hydrogen) atoms. The van der Waals surface area contributed by atoms with Crippen molar-refractivity contribution >= 4 is 10.0 Å². The number of aromatic hydroxyl groups is 1. The highest BCUT2D eigenvalue weighted by molar-refractivity contribution is 7.89. The zero-order valence-electron chi connectivity index (χ0n) is 9.76. The van der Waals surface area contributed by atoms with Crippen LogP contribution in [0.15, 0.2) is 29.2 Å². The number of hydrogen-bond donors (Lipinski definition) is 2. The quantitative estimate of drug-likeness (QED) is 0.844. The van der Waals surface area contributed by atoms with E-state index in [2.05, 4.69) is 11.6 Å². The molecule has 1 aliphatic carbocycles. The summed E-state index contributed by atoms with van der Waals surface area (Å²) in [7, 11) is -3.58. The van der Waals surface area contributed by atoms with Crippen LogP contribution in [0.5, 0.6) is 5.75 Å². The van der Waals surface area contributed by atoms with E-state index in [9.17, 15) is 13.5 Å². The van der Waals surface area contributed by atoms with E-state index in [1.807, 2.05) is 0 Å². The van der Waals surface area contributed by atoms with Crippen LogP contribution in [-0.4, -0.2) is 19.6 Å². The average molecular weight is 255 g/mol. The van der Waals surface area contributed by atoms with Crippen LogP contribution >= 0.6 is 0 Å². The van der Waals surface area contributed by atoms with Gasteiger partial charge in [0, 0.05) is 6.04 Å². The highest BCUT2D eigenvalue weighted by atomic mass is 32.2. The van der Waals surface area contributed by atoms with Crippen molar-refractivity contribution in [1.82, 2.24) is 4.72 Å². The van der Waals surface area contributed by atoms with Crippen molar-refractivity contribution in [3.8, 4) is 5.75 Å². The Morgan fingerprint density at radius 3 is 2.76 bits per heavy atom. The number of rotatable bonds is 5. The Morgan fingerprint density at radius 1 is 1.41 bits per heavy atom. The molecule has 4 nitrogen and oxygen atoms in total. The number of nitrogens with one attached hydrogen (secondary N) is 1. The lowest BCUT2D eigenvalue weighted by Gasteiger charge is -2.07. The summed E-state index contributed by atoms with van der Waals surface area (Å²) < 4.78 is 26.6. The van der Waals surface area contributed by atoms with Crippen LogP contribution in [-0.2, 0) is 10.0 Å². The van der Waals surface area contributed by atoms with E-state index in [0.29, 0.717) is 5.92 Å². The third kappa shape index (κ3) is 2.79. The summed E-state index contributed by atoms with van der Waals surface area (Å²) in [4.78, 5) is -0.0397. The van der Waals surface area contributed by atoms with Crippen molar-refractivity contribution in [2.45, 2.75) is 37.1 Å². The van der Waals surface area contributed by atoms with E-state index in [4.69, 9.17) is 0 Å². The van der Waals surface area contributed by atoms with Crippen LogP contribution in [0.1, 0.15) is 26.2 Å². The molecule has 1 saturated carbocycles. The first-order valence-corrected chi connectivity index (χ1v) is 7.33. The molecule has 5 heteroatoms. The number of sulfonamides is 1. The predicted molar refractivity (Wildman–Crippen MR) is 65.2 cm³/mol. The number of benzene rings is 1.